The van der Waals surface area contributed by atoms with Gasteiger partial charge < -0.3 is 20.4 Å². The normalized spacial score (nSPS) is 15.9. The van der Waals surface area contributed by atoms with Gasteiger partial charge in [-0.3, -0.25) is 0 Å². The predicted molar refractivity (Wildman–Crippen MR) is 59.2 cm³/mol. The van der Waals surface area contributed by atoms with Gasteiger partial charge in [-0.15, -0.1) is 0 Å². The molecule has 0 saturated carbocycles. The Balaban J connectivity index is 3.07. The molecule has 17 heavy (non-hydrogen) atoms. The number of aliphatic carboxylic acids is 2. The zero-order valence-corrected chi connectivity index (χ0v) is 9.29. The Morgan fingerprint density at radius 2 is 1.71 bits per heavy atom. The van der Waals surface area contributed by atoms with Crippen LogP contribution in [0.4, 0.5) is 0 Å². The lowest BCUT2D eigenvalue weighted by atomic mass is 10.1. The lowest BCUT2D eigenvalue weighted by Gasteiger charge is -2.24. The van der Waals surface area contributed by atoms with Crippen molar-refractivity contribution in [3.05, 3.63) is 35.9 Å². The summed E-state index contributed by atoms with van der Waals surface area (Å²) in [6.07, 6.45) is 0. The number of carboxylic acids is 2. The van der Waals surface area contributed by atoms with Gasteiger partial charge in [0.25, 0.3) is 0 Å². The van der Waals surface area contributed by atoms with E-state index in [9.17, 15) is 14.7 Å². The van der Waals surface area contributed by atoms with Crippen LogP contribution in [0.15, 0.2) is 30.3 Å². The summed E-state index contributed by atoms with van der Waals surface area (Å²) in [5, 5.41) is 36.5. The van der Waals surface area contributed by atoms with E-state index in [4.69, 9.17) is 15.3 Å². The Hall–Kier alpha value is -1.57. The number of benzene rings is 1. The fraction of sp³-hybridized carbons (Fsp3) is 0.200. The van der Waals surface area contributed by atoms with Crippen molar-refractivity contribution in [3.8, 4) is 0 Å². The highest BCUT2D eigenvalue weighted by atomic mass is 32.2. The number of carboxylic acid groups (broad SMARTS) is 2. The summed E-state index contributed by atoms with van der Waals surface area (Å²) >= 11 is 0.0283. The average Bonchev–Trinajstić information content (AvgIpc) is 2.29. The van der Waals surface area contributed by atoms with Crippen LogP contribution >= 0.6 is 11.8 Å². The Labute approximate surface area is 101 Å². The summed E-state index contributed by atoms with van der Waals surface area (Å²) in [4.78, 5) is 19.0. The molecule has 0 aliphatic heterocycles. The smallest absolute Gasteiger partial charge is 0.351 e. The van der Waals surface area contributed by atoms with Gasteiger partial charge in [0.05, 0.1) is 0 Å². The van der Waals surface area contributed by atoms with Gasteiger partial charge >= 0.3 is 11.9 Å². The zero-order valence-electron chi connectivity index (χ0n) is 8.48. The molecule has 6 nitrogen and oxygen atoms in total. The first-order valence-corrected chi connectivity index (χ1v) is 5.36. The van der Waals surface area contributed by atoms with Crippen LogP contribution in [0.5, 0.6) is 0 Å². The monoisotopic (exact) mass is 258 g/mol. The van der Waals surface area contributed by atoms with Gasteiger partial charge in [-0.1, -0.05) is 42.1 Å². The molecular weight excluding hydrogens is 248 g/mol. The fourth-order valence-corrected chi connectivity index (χ4v) is 1.91. The molecule has 0 saturated heterocycles. The van der Waals surface area contributed by atoms with Crippen LogP contribution in [0.1, 0.15) is 5.56 Å². The molecule has 2 atom stereocenters. The van der Waals surface area contributed by atoms with Crippen molar-refractivity contribution < 1.29 is 30.0 Å². The number of thioether (sulfide) groups is 1. The van der Waals surface area contributed by atoms with Crippen molar-refractivity contribution in [3.63, 3.8) is 0 Å². The maximum Gasteiger partial charge on any atom is 0.351 e. The van der Waals surface area contributed by atoms with E-state index >= 15 is 0 Å². The molecule has 0 radical (unpaired) electrons. The number of hydrogen-bond acceptors (Lipinski definition) is 5. The second-order valence-electron chi connectivity index (χ2n) is 3.12. The summed E-state index contributed by atoms with van der Waals surface area (Å²) in [7, 11) is 0. The number of aliphatic hydroxyl groups is 2. The third kappa shape index (κ3) is 2.96. The van der Waals surface area contributed by atoms with Crippen molar-refractivity contribution in [2.45, 2.75) is 10.4 Å². The van der Waals surface area contributed by atoms with Gasteiger partial charge in [0.2, 0.25) is 10.4 Å². The number of carbonyl (C=O) groups is 2. The Bertz CT molecular complexity index is 420. The van der Waals surface area contributed by atoms with E-state index < -0.39 is 22.3 Å². The molecule has 0 aromatic heterocycles. The molecule has 0 aliphatic carbocycles. The molecule has 1 rings (SSSR count). The molecule has 92 valence electrons. The van der Waals surface area contributed by atoms with Crippen molar-refractivity contribution in [1.82, 2.24) is 0 Å². The largest absolute Gasteiger partial charge is 0.479 e. The highest BCUT2D eigenvalue weighted by Crippen LogP contribution is 2.36. The van der Waals surface area contributed by atoms with E-state index in [0.29, 0.717) is 0 Å². The molecule has 4 N–H and O–H groups in total. The highest BCUT2D eigenvalue weighted by Gasteiger charge is 2.42. The number of hydrogen-bond donors (Lipinski definition) is 4. The third-order valence-electron chi connectivity index (χ3n) is 1.95. The lowest BCUT2D eigenvalue weighted by molar-refractivity contribution is -0.150. The Kier molecular flexibility index (Phi) is 4.11. The molecule has 0 amide bonds. The molecule has 0 aliphatic rings. The maximum atomic E-state index is 11.0. The molecule has 0 fully saturated rings. The van der Waals surface area contributed by atoms with Crippen LogP contribution in [0, 0.1) is 0 Å². The lowest BCUT2D eigenvalue weighted by Crippen LogP contribution is -2.36. The second kappa shape index (κ2) is 5.17. The van der Waals surface area contributed by atoms with Gasteiger partial charge in [0.1, 0.15) is 0 Å². The van der Waals surface area contributed by atoms with Crippen LogP contribution in [0.3, 0.4) is 0 Å². The van der Waals surface area contributed by atoms with Gasteiger partial charge in [-0.25, -0.2) is 9.59 Å². The molecular formula is C10H10O6S. The Morgan fingerprint density at radius 3 is 2.12 bits per heavy atom. The van der Waals surface area contributed by atoms with Crippen LogP contribution < -0.4 is 0 Å². The topological polar surface area (TPSA) is 115 Å². The highest BCUT2D eigenvalue weighted by molar-refractivity contribution is 8.01. The molecule has 2 unspecified atom stereocenters. The van der Waals surface area contributed by atoms with Crippen LogP contribution in [0.25, 0.3) is 0 Å². The molecule has 0 heterocycles. The molecule has 1 aromatic carbocycles. The van der Waals surface area contributed by atoms with E-state index in [-0.39, 0.29) is 17.3 Å². The van der Waals surface area contributed by atoms with Crippen LogP contribution in [0.2, 0.25) is 0 Å². The fourth-order valence-electron chi connectivity index (χ4n) is 1.12. The number of rotatable bonds is 5. The van der Waals surface area contributed by atoms with Crippen molar-refractivity contribution in [1.29, 1.82) is 0 Å². The first-order chi connectivity index (χ1) is 7.88. The average molecular weight is 258 g/mol. The molecule has 1 aromatic rings. The minimum absolute atomic E-state index is 0.0159. The SMILES string of the molecule is O=C(O)C(O)SC(O)(C(=O)O)c1ccccc1. The van der Waals surface area contributed by atoms with Gasteiger partial charge in [0.15, 0.2) is 0 Å². The van der Waals surface area contributed by atoms with Crippen LogP contribution in [-0.2, 0) is 14.5 Å². The third-order valence-corrected chi connectivity index (χ3v) is 3.12. The quantitative estimate of drug-likeness (QED) is 0.552. The van der Waals surface area contributed by atoms with E-state index in [1.165, 1.54) is 24.3 Å². The van der Waals surface area contributed by atoms with Gasteiger partial charge in [0, 0.05) is 5.56 Å². The predicted octanol–water partition coefficient (Wildman–Crippen LogP) is 0.0525. The van der Waals surface area contributed by atoms with E-state index in [0.717, 1.165) is 0 Å². The van der Waals surface area contributed by atoms with Crippen molar-refractivity contribution >= 4 is 23.7 Å². The summed E-state index contributed by atoms with van der Waals surface area (Å²) in [6.45, 7) is 0. The first-order valence-electron chi connectivity index (χ1n) is 4.48. The van der Waals surface area contributed by atoms with Gasteiger partial charge in [-0.2, -0.15) is 0 Å². The second-order valence-corrected chi connectivity index (χ2v) is 4.40. The van der Waals surface area contributed by atoms with Crippen molar-refractivity contribution in [2.75, 3.05) is 0 Å². The summed E-state index contributed by atoms with van der Waals surface area (Å²) < 4.78 is 0. The minimum Gasteiger partial charge on any atom is -0.479 e. The summed E-state index contributed by atoms with van der Waals surface area (Å²) in [5.41, 5.74) is -2.05. The molecule has 0 bridgehead atoms. The van der Waals surface area contributed by atoms with E-state index in [1.54, 1.807) is 6.07 Å². The van der Waals surface area contributed by atoms with E-state index in [2.05, 4.69) is 0 Å². The minimum atomic E-state index is -2.50. The standard InChI is InChI=1S/C10H10O6S/c11-7(12)8(13)17-10(16,9(14)15)6-4-2-1-3-5-6/h1-5,8,13,16H,(H,11,12)(H,14,15). The first kappa shape index (κ1) is 13.5. The van der Waals surface area contributed by atoms with Gasteiger partial charge in [-0.05, 0) is 0 Å². The summed E-state index contributed by atoms with van der Waals surface area (Å²) in [5.74, 6) is -3.26. The molecule has 0 spiro atoms. The number of aliphatic hydroxyl groups excluding tert-OH is 1. The van der Waals surface area contributed by atoms with Crippen molar-refractivity contribution in [2.24, 2.45) is 0 Å². The maximum absolute atomic E-state index is 11.0. The summed E-state index contributed by atoms with van der Waals surface area (Å²) in [6, 6.07) is 7.27. The Morgan fingerprint density at radius 1 is 1.18 bits per heavy atom. The van der Waals surface area contributed by atoms with Crippen LogP contribution in [-0.4, -0.2) is 37.8 Å². The van der Waals surface area contributed by atoms with E-state index in [1.807, 2.05) is 0 Å². The zero-order chi connectivity index (χ0) is 13.1. The molecule has 7 heteroatoms.